The zero-order chi connectivity index (χ0) is 8.39. The topological polar surface area (TPSA) is 24.4 Å². The highest BCUT2D eigenvalue weighted by molar-refractivity contribution is 6.67. The molecule has 2 rings (SSSR count). The fourth-order valence-corrected chi connectivity index (χ4v) is 1.24. The second-order valence-corrected chi connectivity index (χ2v) is 2.81. The second kappa shape index (κ2) is 2.99. The molecule has 0 amide bonds. The molecule has 1 aromatic carbocycles. The number of fused-ring (bicyclic) bond motifs is 1. The molecule has 60 valence electrons. The largest absolute Gasteiger partial charge is 0.330 e. The predicted octanol–water partition coefficient (Wildman–Crippen LogP) is 2.68. The van der Waals surface area contributed by atoms with Gasteiger partial charge in [-0.1, -0.05) is 18.2 Å². The standard InChI is InChI=1S/C9H7ClN2/c10-9-11-6-5-7-3-1-2-4-8(7)12-9/h1-6H,(H,11,12). The van der Waals surface area contributed by atoms with Crippen LogP contribution >= 0.6 is 11.6 Å². The van der Waals surface area contributed by atoms with Crippen LogP contribution in [-0.4, -0.2) is 5.29 Å². The molecule has 12 heavy (non-hydrogen) atoms. The van der Waals surface area contributed by atoms with E-state index in [0.29, 0.717) is 5.29 Å². The molecule has 1 aliphatic heterocycles. The van der Waals surface area contributed by atoms with Crippen LogP contribution < -0.4 is 5.32 Å². The summed E-state index contributed by atoms with van der Waals surface area (Å²) in [7, 11) is 0. The quantitative estimate of drug-likeness (QED) is 0.607. The van der Waals surface area contributed by atoms with Crippen molar-refractivity contribution in [1.82, 2.24) is 0 Å². The van der Waals surface area contributed by atoms with Gasteiger partial charge in [-0.05, 0) is 29.3 Å². The number of anilines is 1. The summed E-state index contributed by atoms with van der Waals surface area (Å²) >= 11 is 5.74. The maximum atomic E-state index is 5.74. The molecular formula is C9H7ClN2. The maximum absolute atomic E-state index is 5.74. The minimum absolute atomic E-state index is 0.399. The molecule has 0 aromatic heterocycles. The summed E-state index contributed by atoms with van der Waals surface area (Å²) in [6, 6.07) is 7.89. The number of hydrogen-bond acceptors (Lipinski definition) is 2. The average Bonchev–Trinajstić information content (AvgIpc) is 2.25. The van der Waals surface area contributed by atoms with E-state index in [1.54, 1.807) is 6.20 Å². The highest BCUT2D eigenvalue weighted by Gasteiger charge is 2.02. The first-order valence-corrected chi connectivity index (χ1v) is 4.00. The van der Waals surface area contributed by atoms with Crippen molar-refractivity contribution in [2.45, 2.75) is 0 Å². The molecule has 0 bridgehead atoms. The molecule has 0 radical (unpaired) electrons. The van der Waals surface area contributed by atoms with E-state index in [1.807, 2.05) is 30.3 Å². The summed E-state index contributed by atoms with van der Waals surface area (Å²) in [6.45, 7) is 0. The molecule has 1 aliphatic rings. The van der Waals surface area contributed by atoms with Crippen LogP contribution in [0.3, 0.4) is 0 Å². The molecule has 1 aromatic rings. The van der Waals surface area contributed by atoms with Crippen LogP contribution in [0.25, 0.3) is 6.08 Å². The number of benzene rings is 1. The third kappa shape index (κ3) is 1.34. The van der Waals surface area contributed by atoms with E-state index in [4.69, 9.17) is 11.6 Å². The Morgan fingerprint density at radius 1 is 1.25 bits per heavy atom. The van der Waals surface area contributed by atoms with E-state index >= 15 is 0 Å². The number of rotatable bonds is 0. The van der Waals surface area contributed by atoms with Crippen LogP contribution in [0.5, 0.6) is 0 Å². The molecule has 0 unspecified atom stereocenters. The normalized spacial score (nSPS) is 14.2. The fraction of sp³-hybridized carbons (Fsp3) is 0. The fourth-order valence-electron chi connectivity index (χ4n) is 1.08. The van der Waals surface area contributed by atoms with Gasteiger partial charge in [0.25, 0.3) is 0 Å². The van der Waals surface area contributed by atoms with Gasteiger partial charge in [-0.15, -0.1) is 0 Å². The lowest BCUT2D eigenvalue weighted by molar-refractivity contribution is 1.60. The van der Waals surface area contributed by atoms with Gasteiger partial charge in [-0.2, -0.15) is 0 Å². The molecule has 0 atom stereocenters. The number of para-hydroxylation sites is 1. The number of halogens is 1. The third-order valence-electron chi connectivity index (χ3n) is 1.64. The minimum atomic E-state index is 0.399. The summed E-state index contributed by atoms with van der Waals surface area (Å²) in [6.07, 6.45) is 3.60. The van der Waals surface area contributed by atoms with Crippen molar-refractivity contribution in [3.8, 4) is 0 Å². The Balaban J connectivity index is 2.49. The number of nitrogens with one attached hydrogen (secondary N) is 1. The molecule has 3 heteroatoms. The Labute approximate surface area is 75.6 Å². The lowest BCUT2D eigenvalue weighted by atomic mass is 10.2. The number of hydrogen-bond donors (Lipinski definition) is 1. The van der Waals surface area contributed by atoms with Crippen LogP contribution in [0.4, 0.5) is 5.69 Å². The van der Waals surface area contributed by atoms with Crippen molar-refractivity contribution in [2.75, 3.05) is 5.32 Å². The summed E-state index contributed by atoms with van der Waals surface area (Å²) in [4.78, 5) is 3.93. The Bertz CT molecular complexity index is 355. The van der Waals surface area contributed by atoms with Crippen molar-refractivity contribution in [1.29, 1.82) is 0 Å². The van der Waals surface area contributed by atoms with Gasteiger partial charge in [-0.3, -0.25) is 0 Å². The smallest absolute Gasteiger partial charge is 0.200 e. The summed E-state index contributed by atoms with van der Waals surface area (Å²) in [5, 5.41) is 3.37. The summed E-state index contributed by atoms with van der Waals surface area (Å²) < 4.78 is 0. The lowest BCUT2D eigenvalue weighted by Gasteiger charge is -2.03. The molecule has 1 heterocycles. The van der Waals surface area contributed by atoms with Gasteiger partial charge in [0, 0.05) is 11.9 Å². The van der Waals surface area contributed by atoms with Crippen LogP contribution in [0.2, 0.25) is 0 Å². The molecule has 0 aliphatic carbocycles. The average molecular weight is 179 g/mol. The van der Waals surface area contributed by atoms with E-state index in [9.17, 15) is 0 Å². The van der Waals surface area contributed by atoms with E-state index in [0.717, 1.165) is 11.3 Å². The number of nitrogens with zero attached hydrogens (tertiary/aromatic N) is 1. The minimum Gasteiger partial charge on any atom is -0.330 e. The molecular weight excluding hydrogens is 172 g/mol. The Hall–Kier alpha value is -1.28. The Morgan fingerprint density at radius 2 is 2.08 bits per heavy atom. The van der Waals surface area contributed by atoms with Gasteiger partial charge in [0.05, 0.1) is 0 Å². The SMILES string of the molecule is ClC1=NC=Cc2ccccc2N1. The van der Waals surface area contributed by atoms with E-state index in [-0.39, 0.29) is 0 Å². The van der Waals surface area contributed by atoms with E-state index in [1.165, 1.54) is 0 Å². The summed E-state index contributed by atoms with van der Waals surface area (Å²) in [5.74, 6) is 0. The van der Waals surface area contributed by atoms with Crippen molar-refractivity contribution in [3.63, 3.8) is 0 Å². The van der Waals surface area contributed by atoms with Gasteiger partial charge in [0.15, 0.2) is 5.29 Å². The molecule has 1 N–H and O–H groups in total. The Kier molecular flexibility index (Phi) is 1.84. The predicted molar refractivity (Wildman–Crippen MR) is 52.4 cm³/mol. The maximum Gasteiger partial charge on any atom is 0.200 e. The third-order valence-corrected chi connectivity index (χ3v) is 1.83. The second-order valence-electron chi connectivity index (χ2n) is 2.45. The Morgan fingerprint density at radius 3 is 3.00 bits per heavy atom. The lowest BCUT2D eigenvalue weighted by Crippen LogP contribution is -2.03. The molecule has 0 saturated carbocycles. The van der Waals surface area contributed by atoms with Crippen molar-refractivity contribution in [3.05, 3.63) is 36.0 Å². The van der Waals surface area contributed by atoms with Crippen LogP contribution in [0.15, 0.2) is 35.5 Å². The molecule has 0 spiro atoms. The number of aliphatic imine (C=N–C) groups is 1. The van der Waals surface area contributed by atoms with Crippen molar-refractivity contribution < 1.29 is 0 Å². The first-order chi connectivity index (χ1) is 5.86. The van der Waals surface area contributed by atoms with Gasteiger partial charge in [0.1, 0.15) is 0 Å². The van der Waals surface area contributed by atoms with Crippen molar-refractivity contribution in [2.24, 2.45) is 4.99 Å². The molecule has 0 saturated heterocycles. The highest BCUT2D eigenvalue weighted by atomic mass is 35.5. The first-order valence-electron chi connectivity index (χ1n) is 3.62. The zero-order valence-electron chi connectivity index (χ0n) is 6.29. The summed E-state index contributed by atoms with van der Waals surface area (Å²) in [5.41, 5.74) is 2.08. The van der Waals surface area contributed by atoms with Crippen LogP contribution in [0, 0.1) is 0 Å². The van der Waals surface area contributed by atoms with Crippen LogP contribution in [0.1, 0.15) is 5.56 Å². The van der Waals surface area contributed by atoms with Gasteiger partial charge in [0.2, 0.25) is 0 Å². The molecule has 0 fully saturated rings. The highest BCUT2D eigenvalue weighted by Crippen LogP contribution is 2.19. The molecule has 2 nitrogen and oxygen atoms in total. The van der Waals surface area contributed by atoms with Gasteiger partial charge in [-0.25, -0.2) is 4.99 Å². The zero-order valence-corrected chi connectivity index (χ0v) is 7.05. The van der Waals surface area contributed by atoms with Gasteiger partial charge < -0.3 is 5.32 Å². The monoisotopic (exact) mass is 178 g/mol. The number of amidine groups is 1. The van der Waals surface area contributed by atoms with Gasteiger partial charge >= 0.3 is 0 Å². The van der Waals surface area contributed by atoms with Crippen molar-refractivity contribution >= 4 is 28.7 Å². The first kappa shape index (κ1) is 7.37. The van der Waals surface area contributed by atoms with E-state index in [2.05, 4.69) is 10.3 Å². The van der Waals surface area contributed by atoms with E-state index < -0.39 is 0 Å². The van der Waals surface area contributed by atoms with Crippen LogP contribution in [-0.2, 0) is 0 Å².